The molecule has 1 aromatic rings. The van der Waals surface area contributed by atoms with Crippen LogP contribution in [0.25, 0.3) is 0 Å². The quantitative estimate of drug-likeness (QED) is 0.907. The van der Waals surface area contributed by atoms with Gasteiger partial charge in [0.15, 0.2) is 0 Å². The molecule has 0 unspecified atom stereocenters. The molecular formula is C18H25N3O2. The predicted molar refractivity (Wildman–Crippen MR) is 88.0 cm³/mol. The number of pyridine rings is 1. The summed E-state index contributed by atoms with van der Waals surface area (Å²) in [5, 5.41) is 3.04. The van der Waals surface area contributed by atoms with Crippen LogP contribution >= 0.6 is 0 Å². The van der Waals surface area contributed by atoms with E-state index in [0.717, 1.165) is 50.9 Å². The van der Waals surface area contributed by atoms with E-state index < -0.39 is 0 Å². The molecule has 0 radical (unpaired) electrons. The lowest BCUT2D eigenvalue weighted by molar-refractivity contribution is -0.121. The average molecular weight is 315 g/mol. The van der Waals surface area contributed by atoms with E-state index in [2.05, 4.69) is 10.3 Å². The highest BCUT2D eigenvalue weighted by Crippen LogP contribution is 2.24. The molecule has 23 heavy (non-hydrogen) atoms. The summed E-state index contributed by atoms with van der Waals surface area (Å²) in [5.74, 6) is 0.767. The summed E-state index contributed by atoms with van der Waals surface area (Å²) < 4.78 is 0. The fourth-order valence-electron chi connectivity index (χ4n) is 3.11. The first-order valence-electron chi connectivity index (χ1n) is 8.64. The van der Waals surface area contributed by atoms with Gasteiger partial charge in [-0.2, -0.15) is 0 Å². The number of amides is 2. The van der Waals surface area contributed by atoms with E-state index in [4.69, 9.17) is 0 Å². The molecule has 1 N–H and O–H groups in total. The monoisotopic (exact) mass is 315 g/mol. The number of carbonyl (C=O) groups is 2. The SMILES string of the molecule is Cc1cccc(C(=O)N2CCC(CCC(=O)NC3CC3)CC2)n1. The largest absolute Gasteiger partial charge is 0.353 e. The molecular weight excluding hydrogens is 290 g/mol. The van der Waals surface area contributed by atoms with Crippen molar-refractivity contribution in [2.45, 2.75) is 51.5 Å². The minimum Gasteiger partial charge on any atom is -0.353 e. The molecule has 5 nitrogen and oxygen atoms in total. The van der Waals surface area contributed by atoms with Gasteiger partial charge in [-0.25, -0.2) is 4.98 Å². The van der Waals surface area contributed by atoms with Crippen LogP contribution in [0.2, 0.25) is 0 Å². The summed E-state index contributed by atoms with van der Waals surface area (Å²) in [5.41, 5.74) is 1.40. The Bertz CT molecular complexity index is 575. The number of hydrogen-bond donors (Lipinski definition) is 1. The Labute approximate surface area is 137 Å². The number of aryl methyl sites for hydroxylation is 1. The first kappa shape index (κ1) is 16.0. The molecule has 0 bridgehead atoms. The van der Waals surface area contributed by atoms with Gasteiger partial charge in [0.25, 0.3) is 5.91 Å². The van der Waals surface area contributed by atoms with Gasteiger partial charge in [-0.3, -0.25) is 9.59 Å². The molecule has 0 aromatic carbocycles. The Morgan fingerprint density at radius 1 is 1.22 bits per heavy atom. The minimum atomic E-state index is 0.0265. The molecule has 1 saturated carbocycles. The van der Waals surface area contributed by atoms with E-state index >= 15 is 0 Å². The Kier molecular flexibility index (Phi) is 4.94. The van der Waals surface area contributed by atoms with Gasteiger partial charge < -0.3 is 10.2 Å². The second-order valence-electron chi connectivity index (χ2n) is 6.78. The van der Waals surface area contributed by atoms with Crippen LogP contribution in [0, 0.1) is 12.8 Å². The third-order valence-electron chi connectivity index (χ3n) is 4.73. The van der Waals surface area contributed by atoms with Crippen LogP contribution in [-0.2, 0) is 4.79 Å². The zero-order valence-electron chi connectivity index (χ0n) is 13.8. The molecule has 1 aliphatic carbocycles. The molecule has 0 atom stereocenters. The standard InChI is InChI=1S/C18H25N3O2/c1-13-3-2-4-16(19-13)18(23)21-11-9-14(10-12-21)5-8-17(22)20-15-6-7-15/h2-4,14-15H,5-12H2,1H3,(H,20,22). The number of aromatic nitrogens is 1. The molecule has 124 valence electrons. The molecule has 1 aromatic heterocycles. The highest BCUT2D eigenvalue weighted by atomic mass is 16.2. The fourth-order valence-corrected chi connectivity index (χ4v) is 3.11. The van der Waals surface area contributed by atoms with E-state index in [-0.39, 0.29) is 11.8 Å². The molecule has 2 amide bonds. The van der Waals surface area contributed by atoms with Gasteiger partial charge in [0.1, 0.15) is 5.69 Å². The second-order valence-corrected chi connectivity index (χ2v) is 6.78. The van der Waals surface area contributed by atoms with Gasteiger partial charge in [0.2, 0.25) is 5.91 Å². The summed E-state index contributed by atoms with van der Waals surface area (Å²) in [4.78, 5) is 30.4. The molecule has 2 aliphatic rings. The number of rotatable bonds is 5. The van der Waals surface area contributed by atoms with Gasteiger partial charge in [-0.1, -0.05) is 6.07 Å². The summed E-state index contributed by atoms with van der Waals surface area (Å²) in [6.45, 7) is 3.43. The van der Waals surface area contributed by atoms with Crippen LogP contribution in [-0.4, -0.2) is 40.8 Å². The summed E-state index contributed by atoms with van der Waals surface area (Å²) in [6, 6.07) is 6.00. The lowest BCUT2D eigenvalue weighted by Crippen LogP contribution is -2.39. The maximum Gasteiger partial charge on any atom is 0.272 e. The van der Waals surface area contributed by atoms with Crippen LogP contribution < -0.4 is 5.32 Å². The topological polar surface area (TPSA) is 62.3 Å². The lowest BCUT2D eigenvalue weighted by Gasteiger charge is -2.31. The Balaban J connectivity index is 1.42. The van der Waals surface area contributed by atoms with Crippen molar-refractivity contribution in [3.8, 4) is 0 Å². The predicted octanol–water partition coefficient (Wildman–Crippen LogP) is 2.30. The Morgan fingerprint density at radius 3 is 2.61 bits per heavy atom. The van der Waals surface area contributed by atoms with Crippen molar-refractivity contribution in [3.05, 3.63) is 29.6 Å². The summed E-state index contributed by atoms with van der Waals surface area (Å²) in [7, 11) is 0. The summed E-state index contributed by atoms with van der Waals surface area (Å²) in [6.07, 6.45) is 5.79. The van der Waals surface area contributed by atoms with Gasteiger partial charge in [0, 0.05) is 31.2 Å². The maximum atomic E-state index is 12.5. The number of hydrogen-bond acceptors (Lipinski definition) is 3. The zero-order valence-corrected chi connectivity index (χ0v) is 13.8. The van der Waals surface area contributed by atoms with E-state index in [1.54, 1.807) is 6.07 Å². The van der Waals surface area contributed by atoms with E-state index in [9.17, 15) is 9.59 Å². The highest BCUT2D eigenvalue weighted by Gasteiger charge is 2.26. The number of carbonyl (C=O) groups excluding carboxylic acids is 2. The van der Waals surface area contributed by atoms with Crippen molar-refractivity contribution >= 4 is 11.8 Å². The molecule has 3 rings (SSSR count). The molecule has 2 heterocycles. The minimum absolute atomic E-state index is 0.0265. The van der Waals surface area contributed by atoms with E-state index in [1.165, 1.54) is 0 Å². The number of piperidine rings is 1. The lowest BCUT2D eigenvalue weighted by atomic mass is 9.92. The fraction of sp³-hybridized carbons (Fsp3) is 0.611. The zero-order chi connectivity index (χ0) is 16.2. The van der Waals surface area contributed by atoms with Crippen LogP contribution in [0.3, 0.4) is 0 Å². The van der Waals surface area contributed by atoms with Crippen LogP contribution in [0.4, 0.5) is 0 Å². The normalized spacial score (nSPS) is 18.7. The first-order chi connectivity index (χ1) is 11.1. The van der Waals surface area contributed by atoms with Crippen LogP contribution in [0.15, 0.2) is 18.2 Å². The average Bonchev–Trinajstić information content (AvgIpc) is 3.37. The first-order valence-corrected chi connectivity index (χ1v) is 8.64. The van der Waals surface area contributed by atoms with Crippen LogP contribution in [0.1, 0.15) is 54.7 Å². The Hall–Kier alpha value is -1.91. The number of nitrogens with zero attached hydrogens (tertiary/aromatic N) is 2. The van der Waals surface area contributed by atoms with Crippen molar-refractivity contribution in [1.29, 1.82) is 0 Å². The van der Waals surface area contributed by atoms with Crippen molar-refractivity contribution < 1.29 is 9.59 Å². The van der Waals surface area contributed by atoms with Gasteiger partial charge >= 0.3 is 0 Å². The summed E-state index contributed by atoms with van der Waals surface area (Å²) >= 11 is 0. The van der Waals surface area contributed by atoms with Crippen molar-refractivity contribution in [2.75, 3.05) is 13.1 Å². The molecule has 5 heteroatoms. The second kappa shape index (κ2) is 7.11. The molecule has 2 fully saturated rings. The Morgan fingerprint density at radius 2 is 1.96 bits per heavy atom. The van der Waals surface area contributed by atoms with E-state index in [0.29, 0.717) is 24.1 Å². The molecule has 0 spiro atoms. The number of likely N-dealkylation sites (tertiary alicyclic amines) is 1. The smallest absolute Gasteiger partial charge is 0.272 e. The molecule has 1 saturated heterocycles. The van der Waals surface area contributed by atoms with Crippen molar-refractivity contribution in [1.82, 2.24) is 15.2 Å². The third kappa shape index (κ3) is 4.53. The highest BCUT2D eigenvalue weighted by molar-refractivity contribution is 5.92. The maximum absolute atomic E-state index is 12.5. The third-order valence-corrected chi connectivity index (χ3v) is 4.73. The van der Waals surface area contributed by atoms with Gasteiger partial charge in [-0.05, 0) is 57.1 Å². The molecule has 1 aliphatic heterocycles. The van der Waals surface area contributed by atoms with Crippen molar-refractivity contribution in [2.24, 2.45) is 5.92 Å². The van der Waals surface area contributed by atoms with E-state index in [1.807, 2.05) is 24.0 Å². The number of nitrogens with one attached hydrogen (secondary N) is 1. The van der Waals surface area contributed by atoms with Gasteiger partial charge in [-0.15, -0.1) is 0 Å². The van der Waals surface area contributed by atoms with Gasteiger partial charge in [0.05, 0.1) is 0 Å². The van der Waals surface area contributed by atoms with Crippen LogP contribution in [0.5, 0.6) is 0 Å². The van der Waals surface area contributed by atoms with Crippen molar-refractivity contribution in [3.63, 3.8) is 0 Å².